The number of nitrogens with one attached hydrogen (secondary N) is 1. The van der Waals surface area contributed by atoms with E-state index in [1.54, 1.807) is 0 Å². The molecule has 0 spiro atoms. The molecule has 0 aromatic carbocycles. The molecule has 15 heavy (non-hydrogen) atoms. The SMILES string of the molecule is CCCCNC(=O)OCCC[Si](C)(C)Cl. The molecule has 1 amide bonds. The van der Waals surface area contributed by atoms with Crippen molar-refractivity contribution in [3.63, 3.8) is 0 Å². The predicted molar refractivity (Wildman–Crippen MR) is 67.0 cm³/mol. The molecule has 0 saturated heterocycles. The zero-order chi connectivity index (χ0) is 11.7. The quantitative estimate of drug-likeness (QED) is 0.428. The Balaban J connectivity index is 3.32. The Morgan fingerprint density at radius 1 is 1.40 bits per heavy atom. The van der Waals surface area contributed by atoms with Crippen molar-refractivity contribution in [1.82, 2.24) is 5.32 Å². The van der Waals surface area contributed by atoms with Crippen LogP contribution in [-0.2, 0) is 4.74 Å². The number of hydrogen-bond donors (Lipinski definition) is 1. The first-order valence-corrected chi connectivity index (χ1v) is 9.77. The summed E-state index contributed by atoms with van der Waals surface area (Å²) in [6.45, 7) is 7.44. The second kappa shape index (κ2) is 7.99. The Bertz CT molecular complexity index is 183. The Morgan fingerprint density at radius 2 is 2.07 bits per heavy atom. The van der Waals surface area contributed by atoms with Crippen LogP contribution in [0.1, 0.15) is 26.2 Å². The van der Waals surface area contributed by atoms with Gasteiger partial charge in [0.2, 0.25) is 0 Å². The van der Waals surface area contributed by atoms with E-state index >= 15 is 0 Å². The van der Waals surface area contributed by atoms with Gasteiger partial charge in [-0.25, -0.2) is 4.79 Å². The molecule has 0 radical (unpaired) electrons. The van der Waals surface area contributed by atoms with E-state index in [0.717, 1.165) is 25.3 Å². The summed E-state index contributed by atoms with van der Waals surface area (Å²) in [6.07, 6.45) is 2.63. The third kappa shape index (κ3) is 11.7. The highest BCUT2D eigenvalue weighted by molar-refractivity contribution is 7.19. The van der Waals surface area contributed by atoms with Crippen LogP contribution in [0.15, 0.2) is 0 Å². The number of hydrogen-bond acceptors (Lipinski definition) is 2. The Morgan fingerprint density at radius 3 is 2.60 bits per heavy atom. The van der Waals surface area contributed by atoms with Gasteiger partial charge in [0, 0.05) is 6.54 Å². The number of ether oxygens (including phenoxy) is 1. The van der Waals surface area contributed by atoms with E-state index in [1.807, 2.05) is 0 Å². The van der Waals surface area contributed by atoms with Crippen molar-refractivity contribution < 1.29 is 9.53 Å². The minimum atomic E-state index is -1.50. The second-order valence-corrected chi connectivity index (χ2v) is 11.2. The Hall–Kier alpha value is -0.223. The summed E-state index contributed by atoms with van der Waals surface area (Å²) in [5.74, 6) is 0. The lowest BCUT2D eigenvalue weighted by molar-refractivity contribution is 0.146. The highest BCUT2D eigenvalue weighted by atomic mass is 35.6. The van der Waals surface area contributed by atoms with Crippen LogP contribution < -0.4 is 5.32 Å². The molecule has 0 bridgehead atoms. The molecule has 0 aromatic heterocycles. The molecular formula is C10H22ClNO2Si. The number of amides is 1. The highest BCUT2D eigenvalue weighted by Gasteiger charge is 2.16. The second-order valence-electron chi connectivity index (χ2n) is 4.24. The van der Waals surface area contributed by atoms with Crippen LogP contribution >= 0.6 is 11.1 Å². The molecule has 0 aliphatic carbocycles. The third-order valence-electron chi connectivity index (χ3n) is 1.95. The monoisotopic (exact) mass is 251 g/mol. The van der Waals surface area contributed by atoms with E-state index in [0.29, 0.717) is 13.2 Å². The molecule has 1 N–H and O–H groups in total. The lowest BCUT2D eigenvalue weighted by atomic mass is 10.3. The van der Waals surface area contributed by atoms with Gasteiger partial charge < -0.3 is 10.1 Å². The van der Waals surface area contributed by atoms with Crippen LogP contribution in [-0.4, -0.2) is 26.6 Å². The Kier molecular flexibility index (Phi) is 7.87. The number of carbonyl (C=O) groups is 1. The first kappa shape index (κ1) is 14.8. The smallest absolute Gasteiger partial charge is 0.407 e. The van der Waals surface area contributed by atoms with Crippen molar-refractivity contribution in [2.45, 2.75) is 45.3 Å². The summed E-state index contributed by atoms with van der Waals surface area (Å²) in [5, 5.41) is 2.70. The maximum Gasteiger partial charge on any atom is 0.407 e. The summed E-state index contributed by atoms with van der Waals surface area (Å²) >= 11 is 6.13. The molecule has 0 heterocycles. The normalized spacial score (nSPS) is 11.2. The van der Waals surface area contributed by atoms with Crippen molar-refractivity contribution in [2.75, 3.05) is 13.2 Å². The fourth-order valence-corrected chi connectivity index (χ4v) is 2.46. The van der Waals surface area contributed by atoms with Gasteiger partial charge in [0.05, 0.1) is 6.61 Å². The van der Waals surface area contributed by atoms with Crippen molar-refractivity contribution in [1.29, 1.82) is 0 Å². The van der Waals surface area contributed by atoms with Crippen LogP contribution in [0.2, 0.25) is 19.1 Å². The molecule has 3 nitrogen and oxygen atoms in total. The van der Waals surface area contributed by atoms with E-state index in [9.17, 15) is 4.79 Å². The van der Waals surface area contributed by atoms with E-state index in [1.165, 1.54) is 0 Å². The van der Waals surface area contributed by atoms with Crippen molar-refractivity contribution in [2.24, 2.45) is 0 Å². The first-order chi connectivity index (χ1) is 6.95. The van der Waals surface area contributed by atoms with Crippen LogP contribution in [0.3, 0.4) is 0 Å². The number of unbranched alkanes of at least 4 members (excludes halogenated alkanes) is 1. The lowest BCUT2D eigenvalue weighted by Crippen LogP contribution is -2.26. The van der Waals surface area contributed by atoms with Gasteiger partial charge in [-0.3, -0.25) is 0 Å². The van der Waals surface area contributed by atoms with Crippen molar-refractivity contribution in [3.8, 4) is 0 Å². The number of halogens is 1. The van der Waals surface area contributed by atoms with Crippen molar-refractivity contribution >= 4 is 24.6 Å². The molecule has 0 saturated carbocycles. The molecule has 0 rings (SSSR count). The van der Waals surface area contributed by atoms with Crippen LogP contribution in [0.25, 0.3) is 0 Å². The minimum absolute atomic E-state index is 0.308. The first-order valence-electron chi connectivity index (χ1n) is 5.55. The summed E-state index contributed by atoms with van der Waals surface area (Å²) < 4.78 is 5.00. The maximum absolute atomic E-state index is 11.1. The Labute approximate surface area is 98.2 Å². The van der Waals surface area contributed by atoms with Gasteiger partial charge >= 0.3 is 6.09 Å². The lowest BCUT2D eigenvalue weighted by Gasteiger charge is -2.12. The molecule has 0 aliphatic rings. The average molecular weight is 252 g/mol. The van der Waals surface area contributed by atoms with Crippen molar-refractivity contribution in [3.05, 3.63) is 0 Å². The minimum Gasteiger partial charge on any atom is -0.450 e. The van der Waals surface area contributed by atoms with E-state index in [-0.39, 0.29) is 6.09 Å². The molecule has 0 aliphatic heterocycles. The van der Waals surface area contributed by atoms with Crippen LogP contribution in [0, 0.1) is 0 Å². The molecule has 0 fully saturated rings. The fourth-order valence-electron chi connectivity index (χ4n) is 1.08. The van der Waals surface area contributed by atoms with Gasteiger partial charge in [0.1, 0.15) is 0 Å². The molecule has 90 valence electrons. The molecule has 0 atom stereocenters. The van der Waals surface area contributed by atoms with Gasteiger partial charge in [-0.2, -0.15) is 11.1 Å². The van der Waals surface area contributed by atoms with Gasteiger partial charge in [0.15, 0.2) is 7.38 Å². The number of carbonyl (C=O) groups excluding carboxylic acids is 1. The number of alkyl carbamates (subject to hydrolysis) is 1. The third-order valence-corrected chi connectivity index (χ3v) is 4.06. The highest BCUT2D eigenvalue weighted by Crippen LogP contribution is 2.15. The zero-order valence-electron chi connectivity index (χ0n) is 9.94. The molecule has 0 aromatic rings. The van der Waals surface area contributed by atoms with Gasteiger partial charge in [-0.05, 0) is 18.9 Å². The number of rotatable bonds is 7. The summed E-state index contributed by atoms with van der Waals surface area (Å²) in [5.41, 5.74) is 0. The standard InChI is InChI=1S/C10H22ClNO2Si/c1-4-5-7-12-10(13)14-8-6-9-15(2,3)11/h4-9H2,1-3H3,(H,12,13). The summed E-state index contributed by atoms with van der Waals surface area (Å²) in [6, 6.07) is 0.983. The van der Waals surface area contributed by atoms with E-state index in [2.05, 4.69) is 25.3 Å². The van der Waals surface area contributed by atoms with Crippen LogP contribution in [0.5, 0.6) is 0 Å². The topological polar surface area (TPSA) is 38.3 Å². The molecular weight excluding hydrogens is 230 g/mol. The van der Waals surface area contributed by atoms with Crippen LogP contribution in [0.4, 0.5) is 4.79 Å². The summed E-state index contributed by atoms with van der Waals surface area (Å²) in [4.78, 5) is 11.1. The molecule has 5 heteroatoms. The van der Waals surface area contributed by atoms with E-state index < -0.39 is 7.38 Å². The largest absolute Gasteiger partial charge is 0.450 e. The average Bonchev–Trinajstić information content (AvgIpc) is 2.11. The van der Waals surface area contributed by atoms with Gasteiger partial charge in [0.25, 0.3) is 0 Å². The predicted octanol–water partition coefficient (Wildman–Crippen LogP) is 3.35. The maximum atomic E-state index is 11.1. The van der Waals surface area contributed by atoms with Gasteiger partial charge in [-0.15, -0.1) is 0 Å². The fraction of sp³-hybridized carbons (Fsp3) is 0.900. The van der Waals surface area contributed by atoms with Gasteiger partial charge in [-0.1, -0.05) is 26.4 Å². The molecule has 0 unspecified atom stereocenters. The summed E-state index contributed by atoms with van der Waals surface area (Å²) in [7, 11) is -1.50. The zero-order valence-corrected chi connectivity index (χ0v) is 11.7. The van der Waals surface area contributed by atoms with E-state index in [4.69, 9.17) is 15.8 Å².